The lowest BCUT2D eigenvalue weighted by atomic mass is 9.70. The lowest BCUT2D eigenvalue weighted by Gasteiger charge is -2.48. The zero-order valence-corrected chi connectivity index (χ0v) is 14.7. The van der Waals surface area contributed by atoms with Crippen LogP contribution in [0.2, 0.25) is 0 Å². The molecule has 1 aromatic carbocycles. The van der Waals surface area contributed by atoms with Crippen LogP contribution in [-0.2, 0) is 15.3 Å². The molecule has 1 aliphatic carbocycles. The molecule has 1 saturated carbocycles. The topological polar surface area (TPSA) is 18.5 Å². The van der Waals surface area contributed by atoms with E-state index >= 15 is 0 Å². The third-order valence-electron chi connectivity index (χ3n) is 4.79. The summed E-state index contributed by atoms with van der Waals surface area (Å²) in [4.78, 5) is 0. The molecule has 2 nitrogen and oxygen atoms in total. The largest absolute Gasteiger partial charge is 0.345 e. The molecule has 0 bridgehead atoms. The summed E-state index contributed by atoms with van der Waals surface area (Å²) in [7, 11) is 0. The molecule has 0 N–H and O–H groups in total. The monoisotopic (exact) mass is 304 g/mol. The van der Waals surface area contributed by atoms with Crippen LogP contribution in [0.3, 0.4) is 0 Å². The molecule has 22 heavy (non-hydrogen) atoms. The molecule has 0 radical (unpaired) electrons. The van der Waals surface area contributed by atoms with Gasteiger partial charge in [0.05, 0.1) is 13.2 Å². The molecular weight excluding hydrogens is 272 g/mol. The Morgan fingerprint density at radius 3 is 2.23 bits per heavy atom. The molecule has 1 spiro atoms. The predicted octanol–water partition coefficient (Wildman–Crippen LogP) is 5.52. The van der Waals surface area contributed by atoms with E-state index in [1.807, 2.05) is 25.1 Å². The molecule has 124 valence electrons. The van der Waals surface area contributed by atoms with Crippen molar-refractivity contribution in [1.82, 2.24) is 0 Å². The highest BCUT2D eigenvalue weighted by Crippen LogP contribution is 2.45. The van der Waals surface area contributed by atoms with Crippen LogP contribution in [0.4, 0.5) is 0 Å². The number of rotatable bonds is 1. The Morgan fingerprint density at radius 2 is 1.68 bits per heavy atom. The summed E-state index contributed by atoms with van der Waals surface area (Å²) in [5, 5.41) is 0. The Kier molecular flexibility index (Phi) is 6.05. The van der Waals surface area contributed by atoms with E-state index in [1.165, 1.54) is 32.1 Å². The maximum absolute atomic E-state index is 6.17. The van der Waals surface area contributed by atoms with Crippen LogP contribution in [0, 0.1) is 11.3 Å². The van der Waals surface area contributed by atoms with Crippen molar-refractivity contribution < 1.29 is 9.47 Å². The van der Waals surface area contributed by atoms with Gasteiger partial charge in [-0.05, 0) is 25.7 Å². The molecule has 0 aromatic heterocycles. The predicted molar refractivity (Wildman–Crippen MR) is 91.7 cm³/mol. The summed E-state index contributed by atoms with van der Waals surface area (Å²) in [5.41, 5.74) is 1.39. The van der Waals surface area contributed by atoms with E-state index in [4.69, 9.17) is 9.47 Å². The van der Waals surface area contributed by atoms with E-state index in [2.05, 4.69) is 32.9 Å². The van der Waals surface area contributed by atoms with Crippen molar-refractivity contribution in [2.75, 3.05) is 13.2 Å². The molecule has 2 aliphatic rings. The van der Waals surface area contributed by atoms with Gasteiger partial charge in [-0.15, -0.1) is 0 Å². The Hall–Kier alpha value is -0.860. The smallest absolute Gasteiger partial charge is 0.191 e. The molecule has 2 fully saturated rings. The molecule has 1 saturated heterocycles. The van der Waals surface area contributed by atoms with Crippen LogP contribution in [0.5, 0.6) is 0 Å². The van der Waals surface area contributed by atoms with Crippen molar-refractivity contribution in [2.24, 2.45) is 11.3 Å². The first-order chi connectivity index (χ1) is 10.5. The van der Waals surface area contributed by atoms with Crippen molar-refractivity contribution in [2.45, 2.75) is 65.6 Å². The van der Waals surface area contributed by atoms with Gasteiger partial charge in [0.2, 0.25) is 0 Å². The first-order valence-corrected chi connectivity index (χ1v) is 8.87. The third kappa shape index (κ3) is 4.11. The molecule has 1 atom stereocenters. The van der Waals surface area contributed by atoms with Gasteiger partial charge in [-0.25, -0.2) is 0 Å². The summed E-state index contributed by atoms with van der Waals surface area (Å²) < 4.78 is 12.3. The van der Waals surface area contributed by atoms with Crippen LogP contribution in [0.1, 0.15) is 65.4 Å². The second-order valence-corrected chi connectivity index (χ2v) is 7.30. The van der Waals surface area contributed by atoms with Crippen molar-refractivity contribution >= 4 is 0 Å². The van der Waals surface area contributed by atoms with Crippen LogP contribution < -0.4 is 0 Å². The average Bonchev–Trinajstić information content (AvgIpc) is 2.53. The van der Waals surface area contributed by atoms with E-state index in [0.717, 1.165) is 24.7 Å². The fourth-order valence-corrected chi connectivity index (χ4v) is 3.60. The molecule has 1 heterocycles. The summed E-state index contributed by atoms with van der Waals surface area (Å²) in [5.74, 6) is 0.245. The number of hydrogen-bond donors (Lipinski definition) is 0. The van der Waals surface area contributed by atoms with Gasteiger partial charge in [0.15, 0.2) is 5.79 Å². The van der Waals surface area contributed by atoms with Crippen molar-refractivity contribution in [1.29, 1.82) is 0 Å². The van der Waals surface area contributed by atoms with E-state index < -0.39 is 5.79 Å². The molecule has 1 aliphatic heterocycles. The summed E-state index contributed by atoms with van der Waals surface area (Å²) >= 11 is 0. The standard InChI is InChI=1S/C17H24O2.C3H8/c1-14-7-6-10-17(11-14)12-18-16(2,19-13-17)15-8-4-3-5-9-15;1-3-2/h3-5,8-9,14H,6-7,10-13H2,1-2H3;3H2,1-2H3/t14-,16?,17?;/m1./s1. The van der Waals surface area contributed by atoms with E-state index in [1.54, 1.807) is 0 Å². The fraction of sp³-hybridized carbons (Fsp3) is 0.700. The minimum Gasteiger partial charge on any atom is -0.345 e. The van der Waals surface area contributed by atoms with Gasteiger partial charge in [-0.1, -0.05) is 70.4 Å². The highest BCUT2D eigenvalue weighted by Gasteiger charge is 2.44. The fourth-order valence-electron chi connectivity index (χ4n) is 3.60. The average molecular weight is 304 g/mol. The molecular formula is C20H32O2. The van der Waals surface area contributed by atoms with Crippen molar-refractivity contribution in [3.05, 3.63) is 35.9 Å². The van der Waals surface area contributed by atoms with Gasteiger partial charge in [0.25, 0.3) is 0 Å². The van der Waals surface area contributed by atoms with Gasteiger partial charge in [-0.2, -0.15) is 0 Å². The van der Waals surface area contributed by atoms with E-state index in [-0.39, 0.29) is 5.41 Å². The van der Waals surface area contributed by atoms with Crippen LogP contribution in [0.25, 0.3) is 0 Å². The summed E-state index contributed by atoms with van der Waals surface area (Å²) in [6.45, 7) is 10.3. The maximum atomic E-state index is 6.17. The van der Waals surface area contributed by atoms with Crippen LogP contribution >= 0.6 is 0 Å². The summed E-state index contributed by atoms with van der Waals surface area (Å²) in [6.07, 6.45) is 6.42. The summed E-state index contributed by atoms with van der Waals surface area (Å²) in [6, 6.07) is 10.3. The second-order valence-electron chi connectivity index (χ2n) is 7.30. The quantitative estimate of drug-likeness (QED) is 0.680. The molecule has 1 aromatic rings. The molecule has 3 rings (SSSR count). The van der Waals surface area contributed by atoms with Crippen LogP contribution in [-0.4, -0.2) is 13.2 Å². The normalized spacial score (nSPS) is 34.8. The number of benzene rings is 1. The zero-order valence-electron chi connectivity index (χ0n) is 14.7. The van der Waals surface area contributed by atoms with Gasteiger partial charge >= 0.3 is 0 Å². The zero-order chi connectivity index (χ0) is 16.1. The Morgan fingerprint density at radius 1 is 1.09 bits per heavy atom. The van der Waals surface area contributed by atoms with Gasteiger partial charge < -0.3 is 9.47 Å². The van der Waals surface area contributed by atoms with E-state index in [9.17, 15) is 0 Å². The van der Waals surface area contributed by atoms with Crippen LogP contribution in [0.15, 0.2) is 30.3 Å². The van der Waals surface area contributed by atoms with E-state index in [0.29, 0.717) is 0 Å². The number of ether oxygens (including phenoxy) is 2. The highest BCUT2D eigenvalue weighted by molar-refractivity contribution is 5.20. The SMILES string of the molecule is CCC.C[C@@H]1CCCC2(COC(C)(c3ccccc3)OC2)C1. The second kappa shape index (κ2) is 7.61. The van der Waals surface area contributed by atoms with Crippen molar-refractivity contribution in [3.63, 3.8) is 0 Å². The first kappa shape index (κ1) is 17.5. The minimum atomic E-state index is -0.562. The van der Waals surface area contributed by atoms with Gasteiger partial charge in [-0.3, -0.25) is 0 Å². The van der Waals surface area contributed by atoms with Gasteiger partial charge in [0, 0.05) is 11.0 Å². The first-order valence-electron chi connectivity index (χ1n) is 8.87. The third-order valence-corrected chi connectivity index (χ3v) is 4.79. The molecule has 0 unspecified atom stereocenters. The molecule has 2 heteroatoms. The minimum absolute atomic E-state index is 0.270. The van der Waals surface area contributed by atoms with Gasteiger partial charge in [0.1, 0.15) is 0 Å². The Labute approximate surface area is 136 Å². The lowest BCUT2D eigenvalue weighted by Crippen LogP contribution is -2.48. The highest BCUT2D eigenvalue weighted by atomic mass is 16.7. The Bertz CT molecular complexity index is 432. The lowest BCUT2D eigenvalue weighted by molar-refractivity contribution is -0.309. The maximum Gasteiger partial charge on any atom is 0.191 e. The van der Waals surface area contributed by atoms with Crippen molar-refractivity contribution in [3.8, 4) is 0 Å². The Balaban J connectivity index is 0.000000545. The number of hydrogen-bond acceptors (Lipinski definition) is 2. The molecule has 0 amide bonds.